The molecule has 0 bridgehead atoms. The number of hydrogen-bond donors (Lipinski definition) is 0. The van der Waals surface area contributed by atoms with E-state index in [0.717, 1.165) is 64.2 Å². The Bertz CT molecular complexity index is 1330. The second-order valence-corrected chi connectivity index (χ2v) is 21.6. The summed E-state index contributed by atoms with van der Waals surface area (Å²) in [6.45, 7) is 6.50. The van der Waals surface area contributed by atoms with Gasteiger partial charge in [0.15, 0.2) is 6.10 Å². The van der Waals surface area contributed by atoms with Crippen LogP contribution in [0.5, 0.6) is 0 Å². The number of unbranched alkanes of at least 4 members (excludes halogenated alkanes) is 38. The first-order chi connectivity index (χ1) is 36.5. The summed E-state index contributed by atoms with van der Waals surface area (Å²) in [6.07, 6.45) is 79.7. The molecule has 0 aliphatic rings. The van der Waals surface area contributed by atoms with Gasteiger partial charge in [-0.2, -0.15) is 0 Å². The number of hydrogen-bond acceptors (Lipinski definition) is 6. The summed E-state index contributed by atoms with van der Waals surface area (Å²) in [5, 5.41) is 0. The van der Waals surface area contributed by atoms with Crippen molar-refractivity contribution in [3.8, 4) is 0 Å². The third kappa shape index (κ3) is 60.0. The van der Waals surface area contributed by atoms with Gasteiger partial charge in [-0.3, -0.25) is 14.4 Å². The van der Waals surface area contributed by atoms with Crippen LogP contribution in [0.2, 0.25) is 0 Å². The van der Waals surface area contributed by atoms with E-state index in [1.54, 1.807) is 0 Å². The van der Waals surface area contributed by atoms with Crippen LogP contribution < -0.4 is 0 Å². The minimum atomic E-state index is -0.804. The van der Waals surface area contributed by atoms with Crippen LogP contribution in [0.15, 0.2) is 60.8 Å². The molecule has 0 aromatic heterocycles. The monoisotopic (exact) mass is 1030 g/mol. The molecule has 0 amide bonds. The summed E-state index contributed by atoms with van der Waals surface area (Å²) in [5.74, 6) is -0.967. The molecule has 0 saturated heterocycles. The summed E-state index contributed by atoms with van der Waals surface area (Å²) < 4.78 is 16.8. The van der Waals surface area contributed by atoms with Crippen molar-refractivity contribution in [2.45, 2.75) is 341 Å². The van der Waals surface area contributed by atoms with E-state index in [0.29, 0.717) is 19.3 Å². The van der Waals surface area contributed by atoms with Gasteiger partial charge in [0.2, 0.25) is 0 Å². The Kier molecular flexibility index (Phi) is 60.2. The van der Waals surface area contributed by atoms with Crippen LogP contribution in [-0.2, 0) is 28.6 Å². The zero-order valence-electron chi connectivity index (χ0n) is 49.4. The summed E-state index contributed by atoms with van der Waals surface area (Å²) in [6, 6.07) is 0. The van der Waals surface area contributed by atoms with Crippen molar-refractivity contribution in [2.75, 3.05) is 13.2 Å². The molecule has 74 heavy (non-hydrogen) atoms. The van der Waals surface area contributed by atoms with Gasteiger partial charge in [0, 0.05) is 19.3 Å². The third-order valence-corrected chi connectivity index (χ3v) is 14.3. The van der Waals surface area contributed by atoms with Crippen LogP contribution >= 0.6 is 0 Å². The molecule has 0 radical (unpaired) electrons. The molecular formula is C68H122O6. The van der Waals surface area contributed by atoms with E-state index in [1.165, 1.54) is 225 Å². The number of esters is 3. The number of allylic oxidation sites excluding steroid dienone is 10. The zero-order chi connectivity index (χ0) is 53.6. The number of rotatable bonds is 59. The molecule has 0 heterocycles. The highest BCUT2D eigenvalue weighted by Crippen LogP contribution is 2.18. The molecule has 1 atom stereocenters. The third-order valence-electron chi connectivity index (χ3n) is 14.3. The van der Waals surface area contributed by atoms with Gasteiger partial charge in [0.05, 0.1) is 0 Å². The van der Waals surface area contributed by atoms with Gasteiger partial charge in [-0.15, -0.1) is 0 Å². The van der Waals surface area contributed by atoms with Crippen LogP contribution in [0, 0.1) is 0 Å². The molecule has 6 nitrogen and oxygen atoms in total. The molecule has 0 aromatic carbocycles. The quantitative estimate of drug-likeness (QED) is 0.0261. The van der Waals surface area contributed by atoms with Crippen molar-refractivity contribution in [3.63, 3.8) is 0 Å². The van der Waals surface area contributed by atoms with Crippen molar-refractivity contribution in [2.24, 2.45) is 0 Å². The van der Waals surface area contributed by atoms with Crippen LogP contribution in [0.3, 0.4) is 0 Å². The van der Waals surface area contributed by atoms with Crippen LogP contribution in [0.25, 0.3) is 0 Å². The minimum absolute atomic E-state index is 0.0948. The number of carbonyl (C=O) groups is 3. The fourth-order valence-corrected chi connectivity index (χ4v) is 9.45. The average molecular weight is 1040 g/mol. The van der Waals surface area contributed by atoms with E-state index in [4.69, 9.17) is 14.2 Å². The lowest BCUT2D eigenvalue weighted by Gasteiger charge is -2.18. The summed E-state index contributed by atoms with van der Waals surface area (Å²) in [7, 11) is 0. The van der Waals surface area contributed by atoms with Crippen molar-refractivity contribution in [1.29, 1.82) is 0 Å². The molecule has 0 rings (SSSR count). The normalized spacial score (nSPS) is 12.4. The lowest BCUT2D eigenvalue weighted by Crippen LogP contribution is -2.30. The van der Waals surface area contributed by atoms with Gasteiger partial charge in [-0.05, 0) is 70.6 Å². The Labute approximate surface area is 460 Å². The predicted octanol–water partition coefficient (Wildman–Crippen LogP) is 21.9. The zero-order valence-corrected chi connectivity index (χ0v) is 49.4. The molecule has 0 aliphatic heterocycles. The Morgan fingerprint density at radius 3 is 0.905 bits per heavy atom. The van der Waals surface area contributed by atoms with Crippen molar-refractivity contribution >= 4 is 17.9 Å². The predicted molar refractivity (Wildman–Crippen MR) is 321 cm³/mol. The Hall–Kier alpha value is -2.89. The number of carbonyl (C=O) groups excluding carboxylic acids is 3. The second kappa shape index (κ2) is 62.6. The summed E-state index contributed by atoms with van der Waals surface area (Å²) in [4.78, 5) is 38.2. The van der Waals surface area contributed by atoms with Crippen LogP contribution in [0.4, 0.5) is 0 Å². The van der Waals surface area contributed by atoms with E-state index in [2.05, 4.69) is 75.5 Å². The van der Waals surface area contributed by atoms with Gasteiger partial charge in [-0.25, -0.2) is 0 Å². The highest BCUT2D eigenvalue weighted by atomic mass is 16.6. The van der Waals surface area contributed by atoms with E-state index >= 15 is 0 Å². The first kappa shape index (κ1) is 71.1. The first-order valence-corrected chi connectivity index (χ1v) is 32.3. The van der Waals surface area contributed by atoms with E-state index in [-0.39, 0.29) is 37.5 Å². The lowest BCUT2D eigenvalue weighted by atomic mass is 10.0. The van der Waals surface area contributed by atoms with E-state index < -0.39 is 6.10 Å². The molecule has 430 valence electrons. The molecule has 0 aromatic rings. The second-order valence-electron chi connectivity index (χ2n) is 21.6. The Balaban J connectivity index is 4.29. The Morgan fingerprint density at radius 2 is 0.554 bits per heavy atom. The van der Waals surface area contributed by atoms with Crippen molar-refractivity contribution in [3.05, 3.63) is 60.8 Å². The molecular weight excluding hydrogens is 913 g/mol. The molecule has 6 heteroatoms. The maximum absolute atomic E-state index is 12.9. The molecule has 0 spiro atoms. The van der Waals surface area contributed by atoms with Gasteiger partial charge in [0.1, 0.15) is 13.2 Å². The average Bonchev–Trinajstić information content (AvgIpc) is 3.40. The van der Waals surface area contributed by atoms with Crippen molar-refractivity contribution in [1.82, 2.24) is 0 Å². The summed E-state index contributed by atoms with van der Waals surface area (Å²) >= 11 is 0. The summed E-state index contributed by atoms with van der Waals surface area (Å²) in [5.41, 5.74) is 0. The molecule has 0 aliphatic carbocycles. The van der Waals surface area contributed by atoms with Crippen LogP contribution in [0.1, 0.15) is 335 Å². The molecule has 0 N–H and O–H groups in total. The van der Waals surface area contributed by atoms with Gasteiger partial charge in [-0.1, -0.05) is 306 Å². The number of ether oxygens (including phenoxy) is 3. The van der Waals surface area contributed by atoms with Crippen LogP contribution in [-0.4, -0.2) is 37.2 Å². The molecule has 0 fully saturated rings. The van der Waals surface area contributed by atoms with E-state index in [1.807, 2.05) is 6.08 Å². The highest BCUT2D eigenvalue weighted by molar-refractivity contribution is 5.71. The maximum Gasteiger partial charge on any atom is 0.306 e. The largest absolute Gasteiger partial charge is 0.462 e. The fraction of sp³-hybridized carbons (Fsp3) is 0.809. The smallest absolute Gasteiger partial charge is 0.306 e. The molecule has 0 saturated carbocycles. The Morgan fingerprint density at radius 1 is 0.284 bits per heavy atom. The minimum Gasteiger partial charge on any atom is -0.462 e. The van der Waals surface area contributed by atoms with Gasteiger partial charge >= 0.3 is 17.9 Å². The highest BCUT2D eigenvalue weighted by Gasteiger charge is 2.19. The SMILES string of the molecule is CC/C=C\C/C=C\C/C=C\C/C=C\CCC(=O)OCC(COC(=O)CCCCCCCCCCCCCCCCCCCCCCCCCCC)OC(=O)CCCCCCCCC/C=C\CCCCCCCCC. The standard InChI is InChI=1S/C68H122O6/c1-4-7-10-13-16-19-22-25-27-29-31-32-33-34-35-36-37-39-40-43-46-49-52-55-58-61-67(70)73-64-65(63-72-66(69)60-57-54-51-48-45-42-24-21-18-15-12-9-6-3)74-68(71)62-59-56-53-50-47-44-41-38-30-28-26-23-20-17-14-11-8-5-2/h9,12,18,21,28,30,42,45,51,54,65H,4-8,10-11,13-17,19-20,22-27,29,31-41,43-44,46-50,52-53,55-64H2,1-3H3/b12-9-,21-18-,30-28-,45-42-,54-51-. The fourth-order valence-electron chi connectivity index (χ4n) is 9.45. The maximum atomic E-state index is 12.9. The van der Waals surface area contributed by atoms with Gasteiger partial charge in [0.25, 0.3) is 0 Å². The topological polar surface area (TPSA) is 78.9 Å². The lowest BCUT2D eigenvalue weighted by molar-refractivity contribution is -0.166. The van der Waals surface area contributed by atoms with Gasteiger partial charge < -0.3 is 14.2 Å². The van der Waals surface area contributed by atoms with E-state index in [9.17, 15) is 14.4 Å². The first-order valence-electron chi connectivity index (χ1n) is 32.3. The molecule has 1 unspecified atom stereocenters. The van der Waals surface area contributed by atoms with Crippen molar-refractivity contribution < 1.29 is 28.6 Å².